The number of halogens is 2. The second-order valence-electron chi connectivity index (χ2n) is 5.53. The number of rotatable bonds is 3. The molecule has 1 amide bonds. The van der Waals surface area contributed by atoms with Crippen molar-refractivity contribution in [2.24, 2.45) is 0 Å². The first-order valence-electron chi connectivity index (χ1n) is 7.38. The van der Waals surface area contributed by atoms with Gasteiger partial charge < -0.3 is 9.84 Å². The lowest BCUT2D eigenvalue weighted by atomic mass is 10.1. The van der Waals surface area contributed by atoms with Crippen molar-refractivity contribution < 1.29 is 23.4 Å². The van der Waals surface area contributed by atoms with Crippen molar-refractivity contribution in [3.8, 4) is 11.8 Å². The molecule has 0 saturated carbocycles. The van der Waals surface area contributed by atoms with Crippen molar-refractivity contribution in [3.05, 3.63) is 53.3 Å². The Hall–Kier alpha value is -3.05. The Morgan fingerprint density at radius 1 is 1.40 bits per heavy atom. The highest BCUT2D eigenvalue weighted by atomic mass is 19.3. The van der Waals surface area contributed by atoms with Gasteiger partial charge >= 0.3 is 12.0 Å². The van der Waals surface area contributed by atoms with Crippen LogP contribution in [0.2, 0.25) is 0 Å². The average Bonchev–Trinajstić information content (AvgIpc) is 2.58. The summed E-state index contributed by atoms with van der Waals surface area (Å²) in [5.41, 5.74) is 0.931. The molecule has 0 fully saturated rings. The summed E-state index contributed by atoms with van der Waals surface area (Å²) in [5.74, 6) is -1.76. The number of benzene rings is 1. The van der Waals surface area contributed by atoms with E-state index in [0.717, 1.165) is 4.90 Å². The number of nitriles is 1. The molecule has 0 radical (unpaired) electrons. The fraction of sp³-hybridized carbons (Fsp3) is 0.235. The van der Waals surface area contributed by atoms with Crippen LogP contribution in [0.3, 0.4) is 0 Å². The predicted molar refractivity (Wildman–Crippen MR) is 82.8 cm³/mol. The summed E-state index contributed by atoms with van der Waals surface area (Å²) >= 11 is 0. The number of alkyl halides is 2. The number of hydrogen-bond donors (Lipinski definition) is 1. The van der Waals surface area contributed by atoms with Crippen molar-refractivity contribution >= 4 is 11.6 Å². The maximum absolute atomic E-state index is 14.0. The van der Waals surface area contributed by atoms with Crippen LogP contribution < -0.4 is 9.64 Å². The highest BCUT2D eigenvalue weighted by molar-refractivity contribution is 6.01. The molecule has 3 rings (SSSR count). The van der Waals surface area contributed by atoms with Gasteiger partial charge in [0, 0.05) is 11.8 Å². The van der Waals surface area contributed by atoms with E-state index in [-0.39, 0.29) is 23.5 Å². The summed E-state index contributed by atoms with van der Waals surface area (Å²) in [4.78, 5) is 17.0. The molecule has 1 aromatic heterocycles. The number of aromatic nitrogens is 1. The van der Waals surface area contributed by atoms with Crippen LogP contribution in [0.25, 0.3) is 0 Å². The van der Waals surface area contributed by atoms with Gasteiger partial charge in [0.25, 0.3) is 0 Å². The molecule has 6 nitrogen and oxygen atoms in total. The van der Waals surface area contributed by atoms with Crippen LogP contribution in [-0.2, 0) is 11.3 Å². The first kappa shape index (κ1) is 16.8. The molecule has 0 unspecified atom stereocenters. The zero-order valence-electron chi connectivity index (χ0n) is 13.1. The molecule has 1 aliphatic rings. The number of ether oxygens (including phenoxy) is 1. The highest BCUT2D eigenvalue weighted by Crippen LogP contribution is 2.43. The van der Waals surface area contributed by atoms with Gasteiger partial charge in [0.1, 0.15) is 6.07 Å². The summed E-state index contributed by atoms with van der Waals surface area (Å²) < 4.78 is 32.6. The van der Waals surface area contributed by atoms with Gasteiger partial charge in [-0.25, -0.2) is 0 Å². The van der Waals surface area contributed by atoms with E-state index in [1.165, 1.54) is 37.4 Å². The van der Waals surface area contributed by atoms with Crippen LogP contribution in [0.1, 0.15) is 29.8 Å². The third kappa shape index (κ3) is 3.02. The molecule has 8 heteroatoms. The van der Waals surface area contributed by atoms with Crippen LogP contribution in [0, 0.1) is 11.3 Å². The van der Waals surface area contributed by atoms with E-state index in [9.17, 15) is 18.7 Å². The van der Waals surface area contributed by atoms with Crippen LogP contribution in [-0.4, -0.2) is 22.1 Å². The largest absolute Gasteiger partial charge is 0.483 e. The maximum atomic E-state index is 14.0. The van der Waals surface area contributed by atoms with E-state index in [4.69, 9.17) is 5.26 Å². The van der Waals surface area contributed by atoms with Crippen LogP contribution >= 0.6 is 0 Å². The fourth-order valence-electron chi connectivity index (χ4n) is 2.54. The van der Waals surface area contributed by atoms with Crippen molar-refractivity contribution in [1.29, 1.82) is 5.26 Å². The topological polar surface area (TPSA) is 86.5 Å². The molecule has 0 aliphatic carbocycles. The second kappa shape index (κ2) is 6.11. The zero-order chi connectivity index (χ0) is 18.2. The molecular formula is C17H13F2N3O3. The first-order valence-corrected chi connectivity index (χ1v) is 7.38. The molecule has 2 heterocycles. The summed E-state index contributed by atoms with van der Waals surface area (Å²) in [6.07, 6.45) is -3.80. The summed E-state index contributed by atoms with van der Waals surface area (Å²) in [7, 11) is 0. The molecule has 2 aromatic rings. The first-order chi connectivity index (χ1) is 11.8. The fourth-order valence-corrected chi connectivity index (χ4v) is 2.54. The summed E-state index contributed by atoms with van der Waals surface area (Å²) in [5, 5.41) is 18.6. The Balaban J connectivity index is 2.05. The number of carbonyl (C=O) groups is 1. The van der Waals surface area contributed by atoms with Crippen LogP contribution in [0.15, 0.2) is 36.5 Å². The van der Waals surface area contributed by atoms with E-state index < -0.39 is 18.1 Å². The Morgan fingerprint density at radius 2 is 2.16 bits per heavy atom. The average molecular weight is 345 g/mol. The number of aliphatic hydroxyl groups excluding tert-OH is 1. The normalized spacial score (nSPS) is 16.6. The van der Waals surface area contributed by atoms with Gasteiger partial charge in [-0.2, -0.15) is 14.0 Å². The van der Waals surface area contributed by atoms with Gasteiger partial charge in [0.2, 0.25) is 0 Å². The van der Waals surface area contributed by atoms with Gasteiger partial charge in [-0.3, -0.25) is 14.7 Å². The molecule has 1 N–H and O–H groups in total. The van der Waals surface area contributed by atoms with Crippen LogP contribution in [0.5, 0.6) is 5.75 Å². The quantitative estimate of drug-likeness (QED) is 0.924. The molecular weight excluding hydrogens is 332 g/mol. The van der Waals surface area contributed by atoms with Crippen molar-refractivity contribution in [2.45, 2.75) is 25.7 Å². The van der Waals surface area contributed by atoms with Gasteiger partial charge in [0.05, 0.1) is 29.6 Å². The highest BCUT2D eigenvalue weighted by Gasteiger charge is 2.51. The molecule has 1 aliphatic heterocycles. The number of hydrogen-bond acceptors (Lipinski definition) is 5. The summed E-state index contributed by atoms with van der Waals surface area (Å²) in [6, 6.07) is 9.32. The van der Waals surface area contributed by atoms with Gasteiger partial charge in [-0.05, 0) is 25.1 Å². The molecule has 0 bridgehead atoms. The van der Waals surface area contributed by atoms with E-state index in [2.05, 4.69) is 9.72 Å². The predicted octanol–water partition coefficient (Wildman–Crippen LogP) is 2.52. The molecule has 1 aromatic carbocycles. The lowest BCUT2D eigenvalue weighted by molar-refractivity contribution is -0.193. The number of aliphatic hydroxyl groups is 1. The monoisotopic (exact) mass is 345 g/mol. The Labute approximate surface area is 141 Å². The molecule has 0 spiro atoms. The van der Waals surface area contributed by atoms with Crippen molar-refractivity contribution in [1.82, 2.24) is 4.98 Å². The number of fused-ring (bicyclic) bond motifs is 1. The van der Waals surface area contributed by atoms with Crippen molar-refractivity contribution in [3.63, 3.8) is 0 Å². The van der Waals surface area contributed by atoms with E-state index in [1.54, 1.807) is 6.07 Å². The molecule has 25 heavy (non-hydrogen) atoms. The number of para-hydroxylation sites is 1. The maximum Gasteiger partial charge on any atom is 0.483 e. The Kier molecular flexibility index (Phi) is 4.10. The summed E-state index contributed by atoms with van der Waals surface area (Å²) in [6.45, 7) is 1.19. The van der Waals surface area contributed by atoms with Gasteiger partial charge in [-0.1, -0.05) is 12.1 Å². The standard InChI is InChI=1S/C17H13F2N3O3/c1-10(23)13-3-2-4-14-15(13)25-17(18,19)16(24)22(14)9-12-6-5-11(7-20)8-21-12/h2-6,8,10,23H,9H2,1H3/t10-/m0/s1. The van der Waals surface area contributed by atoms with Crippen molar-refractivity contribution in [2.75, 3.05) is 4.90 Å². The smallest absolute Gasteiger partial charge is 0.423 e. The third-order valence-electron chi connectivity index (χ3n) is 3.76. The lowest BCUT2D eigenvalue weighted by Crippen LogP contribution is -2.50. The van der Waals surface area contributed by atoms with E-state index in [1.807, 2.05) is 6.07 Å². The van der Waals surface area contributed by atoms with E-state index >= 15 is 0 Å². The Bertz CT molecular complexity index is 860. The lowest BCUT2D eigenvalue weighted by Gasteiger charge is -2.34. The minimum absolute atomic E-state index is 0.125. The van der Waals surface area contributed by atoms with Crippen LogP contribution in [0.4, 0.5) is 14.5 Å². The molecule has 1 atom stereocenters. The number of pyridine rings is 1. The Morgan fingerprint density at radius 3 is 2.76 bits per heavy atom. The van der Waals surface area contributed by atoms with Gasteiger partial charge in [0.15, 0.2) is 5.75 Å². The second-order valence-corrected chi connectivity index (χ2v) is 5.53. The minimum atomic E-state index is -4.05. The van der Waals surface area contributed by atoms with Gasteiger partial charge in [-0.15, -0.1) is 0 Å². The third-order valence-corrected chi connectivity index (χ3v) is 3.76. The SMILES string of the molecule is C[C@H](O)c1cccc2c1OC(F)(F)C(=O)N2Cc1ccc(C#N)cn1. The number of carbonyl (C=O) groups excluding carboxylic acids is 1. The van der Waals surface area contributed by atoms with E-state index in [0.29, 0.717) is 11.3 Å². The number of anilines is 1. The minimum Gasteiger partial charge on any atom is -0.423 e. The molecule has 0 saturated heterocycles. The molecule has 128 valence electrons. The number of nitrogens with zero attached hydrogens (tertiary/aromatic N) is 3. The number of amides is 1. The zero-order valence-corrected chi connectivity index (χ0v) is 13.1.